The molecule has 1 saturated heterocycles. The lowest BCUT2D eigenvalue weighted by Gasteiger charge is -2.34. The highest BCUT2D eigenvalue weighted by atomic mass is 16.3. The molecule has 1 unspecified atom stereocenters. The number of rotatable bonds is 6. The maximum atomic E-state index is 12.3. The van der Waals surface area contributed by atoms with Crippen LogP contribution in [0, 0.1) is 5.92 Å². The summed E-state index contributed by atoms with van der Waals surface area (Å²) in [5.41, 5.74) is 4.49. The minimum absolute atomic E-state index is 0.00190. The molecule has 1 fully saturated rings. The number of hydrogen-bond donors (Lipinski definition) is 2. The van der Waals surface area contributed by atoms with Crippen molar-refractivity contribution in [2.24, 2.45) is 11.7 Å². The lowest BCUT2D eigenvalue weighted by molar-refractivity contribution is -0.136. The van der Waals surface area contributed by atoms with E-state index in [4.69, 9.17) is 5.73 Å². The minimum atomic E-state index is -0.825. The first-order chi connectivity index (χ1) is 9.23. The molecule has 1 aliphatic heterocycles. The molecule has 0 aromatic heterocycles. The van der Waals surface area contributed by atoms with E-state index in [2.05, 4.69) is 0 Å². The van der Waals surface area contributed by atoms with E-state index in [1.165, 1.54) is 0 Å². The molecule has 0 saturated carbocycles. The quantitative estimate of drug-likeness (QED) is 0.708. The predicted octanol–water partition coefficient (Wildman–Crippen LogP) is -0.197. The number of primary amides is 1. The van der Waals surface area contributed by atoms with Crippen LogP contribution in [0.15, 0.2) is 0 Å². The van der Waals surface area contributed by atoms with Crippen LogP contribution >= 0.6 is 0 Å². The fourth-order valence-corrected chi connectivity index (χ4v) is 2.55. The molecule has 0 radical (unpaired) electrons. The SMILES string of the molecule is CCN(CC(=O)N1CCCC(C(N)=O)C1)CC(C)(C)O. The second-order valence-electron chi connectivity index (χ2n) is 6.20. The monoisotopic (exact) mass is 285 g/mol. The van der Waals surface area contributed by atoms with Gasteiger partial charge in [-0.05, 0) is 33.2 Å². The molecule has 1 heterocycles. The molecule has 0 aromatic rings. The number of hydrogen-bond acceptors (Lipinski definition) is 4. The molecule has 6 heteroatoms. The van der Waals surface area contributed by atoms with Crippen LogP contribution in [0.1, 0.15) is 33.6 Å². The summed E-state index contributed by atoms with van der Waals surface area (Å²) < 4.78 is 0. The molecule has 6 nitrogen and oxygen atoms in total. The van der Waals surface area contributed by atoms with Crippen LogP contribution in [0.4, 0.5) is 0 Å². The van der Waals surface area contributed by atoms with Crippen LogP contribution in [-0.4, -0.2) is 65.0 Å². The maximum absolute atomic E-state index is 12.3. The molecule has 3 N–H and O–H groups in total. The van der Waals surface area contributed by atoms with E-state index in [0.717, 1.165) is 12.8 Å². The molecule has 0 aliphatic carbocycles. The number of nitrogens with zero attached hydrogens (tertiary/aromatic N) is 2. The molecule has 0 spiro atoms. The van der Waals surface area contributed by atoms with Gasteiger partial charge in [0.15, 0.2) is 0 Å². The standard InChI is InChI=1S/C14H27N3O3/c1-4-16(10-14(2,3)20)9-12(18)17-7-5-6-11(8-17)13(15)19/h11,20H,4-10H2,1-3H3,(H2,15,19). The molecular weight excluding hydrogens is 258 g/mol. The molecule has 2 amide bonds. The number of piperidine rings is 1. The van der Waals surface area contributed by atoms with Gasteiger partial charge in [-0.3, -0.25) is 14.5 Å². The van der Waals surface area contributed by atoms with E-state index in [1.807, 2.05) is 11.8 Å². The summed E-state index contributed by atoms with van der Waals surface area (Å²) in [5, 5.41) is 9.83. The van der Waals surface area contributed by atoms with E-state index < -0.39 is 5.60 Å². The average molecular weight is 285 g/mol. The van der Waals surface area contributed by atoms with Gasteiger partial charge in [-0.15, -0.1) is 0 Å². The number of carbonyl (C=O) groups is 2. The van der Waals surface area contributed by atoms with Gasteiger partial charge in [0, 0.05) is 19.6 Å². The summed E-state index contributed by atoms with van der Waals surface area (Å²) in [6.45, 7) is 7.93. The Balaban J connectivity index is 2.54. The van der Waals surface area contributed by atoms with Crippen molar-refractivity contribution in [3.8, 4) is 0 Å². The number of nitrogens with two attached hydrogens (primary N) is 1. The zero-order valence-corrected chi connectivity index (χ0v) is 12.8. The van der Waals surface area contributed by atoms with Crippen molar-refractivity contribution < 1.29 is 14.7 Å². The van der Waals surface area contributed by atoms with Gasteiger partial charge in [0.05, 0.1) is 18.1 Å². The van der Waals surface area contributed by atoms with Crippen LogP contribution in [0.3, 0.4) is 0 Å². The molecule has 20 heavy (non-hydrogen) atoms. The first-order valence-corrected chi connectivity index (χ1v) is 7.24. The molecule has 1 rings (SSSR count). The Morgan fingerprint density at radius 2 is 2.10 bits per heavy atom. The van der Waals surface area contributed by atoms with E-state index in [0.29, 0.717) is 26.2 Å². The van der Waals surface area contributed by atoms with Crippen molar-refractivity contribution in [3.63, 3.8) is 0 Å². The Bertz CT molecular complexity index is 352. The Hall–Kier alpha value is -1.14. The number of likely N-dealkylation sites (tertiary alicyclic amines) is 1. The van der Waals surface area contributed by atoms with Crippen LogP contribution in [0.2, 0.25) is 0 Å². The van der Waals surface area contributed by atoms with Crippen LogP contribution in [-0.2, 0) is 9.59 Å². The van der Waals surface area contributed by atoms with Crippen molar-refractivity contribution in [2.75, 3.05) is 32.7 Å². The van der Waals surface area contributed by atoms with Crippen LogP contribution in [0.25, 0.3) is 0 Å². The van der Waals surface area contributed by atoms with E-state index in [1.54, 1.807) is 18.7 Å². The molecule has 116 valence electrons. The Morgan fingerprint density at radius 3 is 2.60 bits per heavy atom. The number of aliphatic hydroxyl groups is 1. The van der Waals surface area contributed by atoms with Gasteiger partial charge < -0.3 is 15.7 Å². The molecule has 1 atom stereocenters. The first kappa shape index (κ1) is 16.9. The second-order valence-corrected chi connectivity index (χ2v) is 6.20. The highest BCUT2D eigenvalue weighted by Crippen LogP contribution is 2.16. The zero-order valence-electron chi connectivity index (χ0n) is 12.8. The van der Waals surface area contributed by atoms with Gasteiger partial charge in [-0.2, -0.15) is 0 Å². The smallest absolute Gasteiger partial charge is 0.236 e. The van der Waals surface area contributed by atoms with Crippen molar-refractivity contribution in [1.82, 2.24) is 9.80 Å². The van der Waals surface area contributed by atoms with Crippen LogP contribution in [0.5, 0.6) is 0 Å². The molecule has 0 aromatic carbocycles. The normalized spacial score (nSPS) is 20.2. The summed E-state index contributed by atoms with van der Waals surface area (Å²) >= 11 is 0. The van der Waals surface area contributed by atoms with Crippen molar-refractivity contribution >= 4 is 11.8 Å². The van der Waals surface area contributed by atoms with E-state index in [-0.39, 0.29) is 24.3 Å². The van der Waals surface area contributed by atoms with Gasteiger partial charge >= 0.3 is 0 Å². The van der Waals surface area contributed by atoms with E-state index >= 15 is 0 Å². The summed E-state index contributed by atoms with van der Waals surface area (Å²) in [7, 11) is 0. The predicted molar refractivity (Wildman–Crippen MR) is 76.9 cm³/mol. The van der Waals surface area contributed by atoms with Gasteiger partial charge in [0.25, 0.3) is 0 Å². The summed E-state index contributed by atoms with van der Waals surface area (Å²) in [5.74, 6) is -0.551. The second kappa shape index (κ2) is 7.04. The lowest BCUT2D eigenvalue weighted by Crippen LogP contribution is -2.49. The summed E-state index contributed by atoms with van der Waals surface area (Å²) in [4.78, 5) is 27.1. The maximum Gasteiger partial charge on any atom is 0.236 e. The van der Waals surface area contributed by atoms with Gasteiger partial charge in [0.1, 0.15) is 0 Å². The number of likely N-dealkylation sites (N-methyl/N-ethyl adjacent to an activating group) is 1. The third-order valence-electron chi connectivity index (χ3n) is 3.59. The fourth-order valence-electron chi connectivity index (χ4n) is 2.55. The minimum Gasteiger partial charge on any atom is -0.389 e. The van der Waals surface area contributed by atoms with Crippen molar-refractivity contribution in [2.45, 2.75) is 39.2 Å². The zero-order chi connectivity index (χ0) is 15.3. The Morgan fingerprint density at radius 1 is 1.45 bits per heavy atom. The van der Waals surface area contributed by atoms with Gasteiger partial charge in [0.2, 0.25) is 11.8 Å². The van der Waals surface area contributed by atoms with Crippen molar-refractivity contribution in [1.29, 1.82) is 0 Å². The first-order valence-electron chi connectivity index (χ1n) is 7.24. The highest BCUT2D eigenvalue weighted by molar-refractivity contribution is 5.81. The summed E-state index contributed by atoms with van der Waals surface area (Å²) in [6.07, 6.45) is 1.58. The largest absolute Gasteiger partial charge is 0.389 e. The average Bonchev–Trinajstić information content (AvgIpc) is 2.36. The van der Waals surface area contributed by atoms with Crippen LogP contribution < -0.4 is 5.73 Å². The molecule has 0 bridgehead atoms. The Labute approximate surface area is 120 Å². The third-order valence-corrected chi connectivity index (χ3v) is 3.59. The van der Waals surface area contributed by atoms with Crippen molar-refractivity contribution in [3.05, 3.63) is 0 Å². The highest BCUT2D eigenvalue weighted by Gasteiger charge is 2.28. The molecule has 1 aliphatic rings. The lowest BCUT2D eigenvalue weighted by atomic mass is 9.97. The molecular formula is C14H27N3O3. The van der Waals surface area contributed by atoms with Gasteiger partial charge in [-0.25, -0.2) is 0 Å². The number of amides is 2. The number of carbonyl (C=O) groups excluding carboxylic acids is 2. The fraction of sp³-hybridized carbons (Fsp3) is 0.857. The topological polar surface area (TPSA) is 86.9 Å². The van der Waals surface area contributed by atoms with E-state index in [9.17, 15) is 14.7 Å². The van der Waals surface area contributed by atoms with Gasteiger partial charge in [-0.1, -0.05) is 6.92 Å². The third kappa shape index (κ3) is 5.46. The summed E-state index contributed by atoms with van der Waals surface area (Å²) in [6, 6.07) is 0. The Kier molecular flexibility index (Phi) is 5.95.